The molecule has 0 unspecified atom stereocenters. The number of ether oxygens (including phenoxy) is 1. The summed E-state index contributed by atoms with van der Waals surface area (Å²) >= 11 is 12.2. The summed E-state index contributed by atoms with van der Waals surface area (Å²) in [6, 6.07) is 8.85. The number of morpholine rings is 1. The number of hydrogen-bond acceptors (Lipinski definition) is 5. The van der Waals surface area contributed by atoms with Crippen molar-refractivity contribution in [3.8, 4) is 0 Å². The molecule has 0 radical (unpaired) electrons. The van der Waals surface area contributed by atoms with Gasteiger partial charge in [-0.3, -0.25) is 9.59 Å². The molecule has 3 rings (SSSR count). The molecule has 1 heterocycles. The van der Waals surface area contributed by atoms with E-state index in [1.807, 2.05) is 0 Å². The number of rotatable bonds is 8. The van der Waals surface area contributed by atoms with Crippen molar-refractivity contribution in [3.05, 3.63) is 69.5 Å². The summed E-state index contributed by atoms with van der Waals surface area (Å²) in [7, 11) is -3.73. The average Bonchev–Trinajstić information content (AvgIpc) is 2.79. The Morgan fingerprint density at radius 2 is 1.79 bits per heavy atom. The minimum absolute atomic E-state index is 0.123. The van der Waals surface area contributed by atoms with E-state index in [1.165, 1.54) is 17.0 Å². The Morgan fingerprint density at radius 1 is 1.13 bits per heavy atom. The number of carboxylic acid groups (broad SMARTS) is 1. The Kier molecular flexibility index (Phi) is 9.18. The van der Waals surface area contributed by atoms with Crippen LogP contribution in [0.5, 0.6) is 0 Å². The summed E-state index contributed by atoms with van der Waals surface area (Å²) in [6.45, 7) is 8.30. The second-order valence-electron chi connectivity index (χ2n) is 10.8. The van der Waals surface area contributed by atoms with E-state index in [0.717, 1.165) is 0 Å². The largest absolute Gasteiger partial charge is 0.481 e. The van der Waals surface area contributed by atoms with Crippen LogP contribution in [0.15, 0.2) is 42.5 Å². The third kappa shape index (κ3) is 6.50. The molecule has 11 heteroatoms. The van der Waals surface area contributed by atoms with Crippen molar-refractivity contribution < 1.29 is 32.2 Å². The van der Waals surface area contributed by atoms with Crippen molar-refractivity contribution in [1.82, 2.24) is 4.90 Å². The quantitative estimate of drug-likeness (QED) is 0.415. The summed E-state index contributed by atoms with van der Waals surface area (Å²) in [5, 5.41) is 9.78. The molecule has 1 saturated heterocycles. The predicted octanol–water partition coefficient (Wildman–Crippen LogP) is 5.85. The van der Waals surface area contributed by atoms with Gasteiger partial charge in [0, 0.05) is 11.1 Å². The second kappa shape index (κ2) is 11.5. The maximum atomic E-state index is 14.7. The van der Waals surface area contributed by atoms with Crippen LogP contribution in [0.4, 0.5) is 4.39 Å². The SMILES string of the molecule is CC(C)[C@H](CS(=O)(=O)C(C)(C)C)N1C(=O)[C@@H](CC(=O)O)O[C@H](c2cccc(Cl)c2)[C@H]1c1ccc(Cl)c(F)c1. The van der Waals surface area contributed by atoms with Crippen LogP contribution in [-0.4, -0.2) is 52.9 Å². The molecule has 0 aliphatic carbocycles. The monoisotopic (exact) mass is 587 g/mol. The fourth-order valence-corrected chi connectivity index (χ4v) is 6.28. The highest BCUT2D eigenvalue weighted by Crippen LogP contribution is 2.45. The van der Waals surface area contributed by atoms with E-state index < -0.39 is 63.0 Å². The Balaban J connectivity index is 2.29. The molecule has 2 aromatic carbocycles. The van der Waals surface area contributed by atoms with Crippen LogP contribution < -0.4 is 0 Å². The molecule has 2 aromatic rings. The fraction of sp³-hybridized carbons (Fsp3) is 0.481. The van der Waals surface area contributed by atoms with Gasteiger partial charge in [-0.2, -0.15) is 0 Å². The topological polar surface area (TPSA) is 101 Å². The minimum atomic E-state index is -3.73. The highest BCUT2D eigenvalue weighted by Gasteiger charge is 2.49. The highest BCUT2D eigenvalue weighted by molar-refractivity contribution is 7.92. The minimum Gasteiger partial charge on any atom is -0.481 e. The van der Waals surface area contributed by atoms with Gasteiger partial charge in [0.2, 0.25) is 0 Å². The lowest BCUT2D eigenvalue weighted by Crippen LogP contribution is -2.58. The number of aliphatic carboxylic acids is 1. The Labute approximate surface area is 232 Å². The van der Waals surface area contributed by atoms with Crippen LogP contribution in [0.3, 0.4) is 0 Å². The maximum Gasteiger partial charge on any atom is 0.306 e. The zero-order chi connectivity index (χ0) is 28.6. The maximum absolute atomic E-state index is 14.7. The number of halogens is 3. The van der Waals surface area contributed by atoms with Crippen molar-refractivity contribution in [2.45, 2.75) is 70.1 Å². The molecule has 1 fully saturated rings. The number of carbonyl (C=O) groups is 2. The van der Waals surface area contributed by atoms with Gasteiger partial charge in [-0.25, -0.2) is 12.8 Å². The molecule has 0 bridgehead atoms. The number of sulfone groups is 1. The van der Waals surface area contributed by atoms with Gasteiger partial charge < -0.3 is 14.7 Å². The molecule has 0 spiro atoms. The summed E-state index contributed by atoms with van der Waals surface area (Å²) in [6.07, 6.45) is -3.01. The van der Waals surface area contributed by atoms with E-state index in [1.54, 1.807) is 65.0 Å². The lowest BCUT2D eigenvalue weighted by atomic mass is 9.88. The van der Waals surface area contributed by atoms with E-state index in [2.05, 4.69) is 0 Å². The van der Waals surface area contributed by atoms with Crippen LogP contribution in [0.2, 0.25) is 10.0 Å². The highest BCUT2D eigenvalue weighted by atomic mass is 35.5. The average molecular weight is 589 g/mol. The van der Waals surface area contributed by atoms with Crippen molar-refractivity contribution in [2.24, 2.45) is 5.92 Å². The van der Waals surface area contributed by atoms with Gasteiger partial charge in [-0.1, -0.05) is 55.2 Å². The molecule has 7 nitrogen and oxygen atoms in total. The molecule has 4 atom stereocenters. The van der Waals surface area contributed by atoms with E-state index in [4.69, 9.17) is 27.9 Å². The third-order valence-corrected chi connectivity index (χ3v) is 9.89. The van der Waals surface area contributed by atoms with Gasteiger partial charge >= 0.3 is 5.97 Å². The van der Waals surface area contributed by atoms with Crippen LogP contribution in [0, 0.1) is 11.7 Å². The first-order valence-corrected chi connectivity index (χ1v) is 14.6. The van der Waals surface area contributed by atoms with E-state index >= 15 is 0 Å². The zero-order valence-corrected chi connectivity index (χ0v) is 24.1. The van der Waals surface area contributed by atoms with E-state index in [0.29, 0.717) is 16.1 Å². The molecule has 38 heavy (non-hydrogen) atoms. The van der Waals surface area contributed by atoms with E-state index in [9.17, 15) is 27.5 Å². The number of carbonyl (C=O) groups excluding carboxylic acids is 1. The Bertz CT molecular complexity index is 1310. The molecule has 1 N–H and O–H groups in total. The van der Waals surface area contributed by atoms with Crippen molar-refractivity contribution >= 4 is 44.9 Å². The molecular formula is C27H32Cl2FNO6S. The standard InChI is InChI=1S/C27H32Cl2FNO6S/c1-15(2)21(14-38(35,36)27(3,4)5)31-24(16-9-10-19(29)20(30)12-16)25(17-7-6-8-18(28)11-17)37-22(26(31)34)13-23(32)33/h6-12,15,21-22,24-25H,13-14H2,1-5H3,(H,32,33)/t21-,22+,24+,25+/m0/s1. The van der Waals surface area contributed by atoms with E-state index in [-0.39, 0.29) is 16.7 Å². The van der Waals surface area contributed by atoms with Gasteiger partial charge in [-0.05, 0) is 62.1 Å². The van der Waals surface area contributed by atoms with Gasteiger partial charge in [0.05, 0.1) is 28.0 Å². The molecule has 208 valence electrons. The summed E-state index contributed by atoms with van der Waals surface area (Å²) in [5.41, 5.74) is 0.838. The number of hydrogen-bond donors (Lipinski definition) is 1. The molecule has 0 aromatic heterocycles. The summed E-state index contributed by atoms with van der Waals surface area (Å²) in [4.78, 5) is 27.0. The molecule has 1 amide bonds. The van der Waals surface area contributed by atoms with Crippen LogP contribution in [0.1, 0.15) is 64.3 Å². The zero-order valence-electron chi connectivity index (χ0n) is 21.8. The fourth-order valence-electron chi connectivity index (χ4n) is 4.47. The molecule has 1 aliphatic rings. The normalized spacial score (nSPS) is 21.6. The first kappa shape index (κ1) is 30.3. The lowest BCUT2D eigenvalue weighted by molar-refractivity contribution is -0.184. The van der Waals surface area contributed by atoms with Crippen LogP contribution >= 0.6 is 23.2 Å². The molecule has 1 aliphatic heterocycles. The third-order valence-electron chi connectivity index (χ3n) is 6.70. The summed E-state index contributed by atoms with van der Waals surface area (Å²) < 4.78 is 46.4. The lowest BCUT2D eigenvalue weighted by Gasteiger charge is -2.49. The van der Waals surface area contributed by atoms with Crippen LogP contribution in [0.25, 0.3) is 0 Å². The van der Waals surface area contributed by atoms with Crippen molar-refractivity contribution in [1.29, 1.82) is 0 Å². The van der Waals surface area contributed by atoms with Gasteiger partial charge in [0.25, 0.3) is 5.91 Å². The second-order valence-corrected chi connectivity index (χ2v) is 14.4. The first-order valence-electron chi connectivity index (χ1n) is 12.2. The number of carboxylic acids is 1. The van der Waals surface area contributed by atoms with Crippen molar-refractivity contribution in [2.75, 3.05) is 5.75 Å². The first-order chi connectivity index (χ1) is 17.5. The smallest absolute Gasteiger partial charge is 0.306 e. The molecular weight excluding hydrogens is 556 g/mol. The number of nitrogens with zero attached hydrogens (tertiary/aromatic N) is 1. The predicted molar refractivity (Wildman–Crippen MR) is 144 cm³/mol. The van der Waals surface area contributed by atoms with Gasteiger partial charge in [0.1, 0.15) is 18.0 Å². The Morgan fingerprint density at radius 3 is 2.32 bits per heavy atom. The summed E-state index contributed by atoms with van der Waals surface area (Å²) in [5.74, 6) is -3.41. The Hall–Kier alpha value is -2.20. The van der Waals surface area contributed by atoms with Crippen LogP contribution in [-0.2, 0) is 24.2 Å². The molecule has 0 saturated carbocycles. The number of amides is 1. The van der Waals surface area contributed by atoms with Crippen molar-refractivity contribution in [3.63, 3.8) is 0 Å². The number of benzene rings is 2. The van der Waals surface area contributed by atoms with Gasteiger partial charge in [-0.15, -0.1) is 0 Å². The van der Waals surface area contributed by atoms with Gasteiger partial charge in [0.15, 0.2) is 9.84 Å².